The molecular formula is C50H68N2O4. The molecular weight excluding hydrogens is 693 g/mol. The van der Waals surface area contributed by atoms with Gasteiger partial charge in [-0.25, -0.2) is 0 Å². The number of aromatic hydroxyl groups is 2. The van der Waals surface area contributed by atoms with Crippen molar-refractivity contribution in [1.29, 1.82) is 0 Å². The molecule has 302 valence electrons. The molecule has 2 aliphatic rings. The van der Waals surface area contributed by atoms with E-state index in [-0.39, 0.29) is 21.7 Å². The summed E-state index contributed by atoms with van der Waals surface area (Å²) in [4.78, 5) is 0. The first-order chi connectivity index (χ1) is 26.1. The maximum absolute atomic E-state index is 12.4. The summed E-state index contributed by atoms with van der Waals surface area (Å²) >= 11 is 0. The molecule has 1 heterocycles. The van der Waals surface area contributed by atoms with Crippen LogP contribution in [0.4, 0.5) is 0 Å². The van der Waals surface area contributed by atoms with E-state index < -0.39 is 0 Å². The number of fused-ring (bicyclic) bond motifs is 2. The molecule has 6 nitrogen and oxygen atoms in total. The normalized spacial score (nSPS) is 16.1. The van der Waals surface area contributed by atoms with E-state index in [0.29, 0.717) is 63.5 Å². The number of hydrogen-bond acceptors (Lipinski definition) is 6. The topological polar surface area (TPSA) is 83.0 Å². The van der Waals surface area contributed by atoms with Crippen molar-refractivity contribution in [1.82, 2.24) is 10.6 Å². The van der Waals surface area contributed by atoms with E-state index in [1.165, 1.54) is 22.3 Å². The van der Waals surface area contributed by atoms with E-state index in [9.17, 15) is 10.2 Å². The largest absolute Gasteiger partial charge is 0.507 e. The quantitative estimate of drug-likeness (QED) is 0.126. The molecule has 10 bridgehead atoms. The SMILES string of the molecule is CC(C)(C)c1cc2c(O)c(c1)Cc1cc(C(C)(C)C)cc3c1OCCNCCNCCOc1c(cc(C(C)(C)C)cc1Cc1cc(C(C)(C)C)cc(c1O)C3)C2. The van der Waals surface area contributed by atoms with Crippen LogP contribution in [-0.4, -0.2) is 49.6 Å². The van der Waals surface area contributed by atoms with E-state index in [1.54, 1.807) is 0 Å². The average molecular weight is 761 g/mol. The molecule has 1 aliphatic carbocycles. The predicted molar refractivity (Wildman–Crippen MR) is 232 cm³/mol. The first kappa shape index (κ1) is 41.6. The minimum absolute atomic E-state index is 0.144. The fraction of sp³-hybridized carbons (Fsp3) is 0.520. The molecule has 6 rings (SSSR count). The van der Waals surface area contributed by atoms with Gasteiger partial charge >= 0.3 is 0 Å². The van der Waals surface area contributed by atoms with Gasteiger partial charge in [-0.1, -0.05) is 132 Å². The van der Waals surface area contributed by atoms with Gasteiger partial charge < -0.3 is 30.3 Å². The highest BCUT2D eigenvalue weighted by molar-refractivity contribution is 5.59. The standard InChI is InChI=1S/C50H68N2O4/c1-47(2,3)39-23-31-19-35-27-41(49(7,8)9)29-37-21-33-25-40(48(4,5)6)26-34(44(33)54)22-38-30-42(50(10,11)12)28-36(20-32(24-39)43(31)53)46(38)56-18-16-52-14-13-51-15-17-55-45(35)37/h23-30,51-54H,13-22H2,1-12H3. The Morgan fingerprint density at radius 3 is 0.839 bits per heavy atom. The van der Waals surface area contributed by atoms with Crippen molar-refractivity contribution in [3.63, 3.8) is 0 Å². The second kappa shape index (κ2) is 15.7. The Kier molecular flexibility index (Phi) is 11.7. The lowest BCUT2D eigenvalue weighted by Gasteiger charge is -2.28. The minimum atomic E-state index is -0.148. The maximum Gasteiger partial charge on any atom is 0.126 e. The second-order valence-corrected chi connectivity index (χ2v) is 20.4. The molecule has 56 heavy (non-hydrogen) atoms. The smallest absolute Gasteiger partial charge is 0.126 e. The number of benzene rings is 4. The van der Waals surface area contributed by atoms with E-state index in [0.717, 1.165) is 69.1 Å². The van der Waals surface area contributed by atoms with Crippen LogP contribution in [0.5, 0.6) is 23.0 Å². The molecule has 4 N–H and O–H groups in total. The number of phenols is 2. The molecule has 0 unspecified atom stereocenters. The van der Waals surface area contributed by atoms with E-state index in [1.807, 2.05) is 0 Å². The van der Waals surface area contributed by atoms with Gasteiger partial charge in [-0.3, -0.25) is 0 Å². The Morgan fingerprint density at radius 2 is 0.607 bits per heavy atom. The Hall–Kier alpha value is -4.00. The van der Waals surface area contributed by atoms with Gasteiger partial charge in [-0.2, -0.15) is 0 Å². The second-order valence-electron chi connectivity index (χ2n) is 20.4. The predicted octanol–water partition coefficient (Wildman–Crippen LogP) is 9.91. The van der Waals surface area contributed by atoms with Crippen LogP contribution in [0.25, 0.3) is 0 Å². The molecule has 0 atom stereocenters. The zero-order valence-corrected chi connectivity index (χ0v) is 36.4. The first-order valence-corrected chi connectivity index (χ1v) is 20.8. The van der Waals surface area contributed by atoms with E-state index >= 15 is 0 Å². The molecule has 0 aromatic heterocycles. The van der Waals surface area contributed by atoms with Gasteiger partial charge in [0.1, 0.15) is 36.2 Å². The van der Waals surface area contributed by atoms with Crippen LogP contribution in [0.3, 0.4) is 0 Å². The van der Waals surface area contributed by atoms with Crippen molar-refractivity contribution >= 4 is 0 Å². The van der Waals surface area contributed by atoms with Crippen LogP contribution in [0, 0.1) is 0 Å². The number of nitrogens with one attached hydrogen (secondary N) is 2. The van der Waals surface area contributed by atoms with Gasteiger partial charge in [0.05, 0.1) is 0 Å². The molecule has 0 saturated heterocycles. The summed E-state index contributed by atoms with van der Waals surface area (Å²) < 4.78 is 13.7. The summed E-state index contributed by atoms with van der Waals surface area (Å²) in [6.07, 6.45) is 2.01. The Morgan fingerprint density at radius 1 is 0.375 bits per heavy atom. The summed E-state index contributed by atoms with van der Waals surface area (Å²) in [5.74, 6) is 2.32. The monoisotopic (exact) mass is 761 g/mol. The fourth-order valence-electron chi connectivity index (χ4n) is 7.89. The molecule has 6 heteroatoms. The molecule has 0 radical (unpaired) electrons. The lowest BCUT2D eigenvalue weighted by Crippen LogP contribution is -2.32. The van der Waals surface area contributed by atoms with Crippen LogP contribution in [0.15, 0.2) is 48.5 Å². The van der Waals surface area contributed by atoms with Crippen molar-refractivity contribution in [2.24, 2.45) is 0 Å². The maximum atomic E-state index is 12.4. The zero-order chi connectivity index (χ0) is 40.8. The van der Waals surface area contributed by atoms with Gasteiger partial charge in [0, 0.05) is 51.9 Å². The fourth-order valence-corrected chi connectivity index (χ4v) is 7.89. The Bertz CT molecular complexity index is 1820. The number of hydrogen-bond donors (Lipinski definition) is 4. The molecule has 4 aromatic rings. The Balaban J connectivity index is 1.75. The number of ether oxygens (including phenoxy) is 2. The van der Waals surface area contributed by atoms with Gasteiger partial charge in [0.25, 0.3) is 0 Å². The minimum Gasteiger partial charge on any atom is -0.507 e. The summed E-state index contributed by atoms with van der Waals surface area (Å²) in [5, 5.41) is 31.9. The van der Waals surface area contributed by atoms with Gasteiger partial charge in [-0.15, -0.1) is 0 Å². The first-order valence-electron chi connectivity index (χ1n) is 20.8. The molecule has 0 saturated carbocycles. The van der Waals surface area contributed by atoms with Crippen LogP contribution in [0.1, 0.15) is 150 Å². The van der Waals surface area contributed by atoms with Gasteiger partial charge in [0.15, 0.2) is 0 Å². The van der Waals surface area contributed by atoms with Gasteiger partial charge in [-0.05, 0) is 88.4 Å². The number of rotatable bonds is 0. The van der Waals surface area contributed by atoms with Crippen LogP contribution in [0.2, 0.25) is 0 Å². The zero-order valence-electron chi connectivity index (χ0n) is 36.4. The highest BCUT2D eigenvalue weighted by Crippen LogP contribution is 2.43. The van der Waals surface area contributed by atoms with Crippen LogP contribution >= 0.6 is 0 Å². The van der Waals surface area contributed by atoms with Crippen molar-refractivity contribution < 1.29 is 19.7 Å². The molecule has 1 aliphatic heterocycles. The number of phenolic OH excluding ortho intramolecular Hbond substituents is 2. The van der Waals surface area contributed by atoms with E-state index in [4.69, 9.17) is 9.47 Å². The van der Waals surface area contributed by atoms with E-state index in [2.05, 4.69) is 142 Å². The Labute approximate surface area is 337 Å². The summed E-state index contributed by atoms with van der Waals surface area (Å²) in [5.41, 5.74) is 11.9. The van der Waals surface area contributed by atoms with Gasteiger partial charge in [0.2, 0.25) is 0 Å². The summed E-state index contributed by atoms with van der Waals surface area (Å²) in [6, 6.07) is 17.9. The molecule has 0 spiro atoms. The lowest BCUT2D eigenvalue weighted by molar-refractivity contribution is 0.302. The highest BCUT2D eigenvalue weighted by Gasteiger charge is 2.28. The summed E-state index contributed by atoms with van der Waals surface area (Å²) in [7, 11) is 0. The van der Waals surface area contributed by atoms with Crippen molar-refractivity contribution in [3.05, 3.63) is 115 Å². The van der Waals surface area contributed by atoms with Crippen molar-refractivity contribution in [2.75, 3.05) is 39.4 Å². The molecule has 4 aromatic carbocycles. The molecule has 0 amide bonds. The van der Waals surface area contributed by atoms with Crippen molar-refractivity contribution in [2.45, 2.75) is 130 Å². The average Bonchev–Trinajstić information content (AvgIpc) is 3.07. The third-order valence-corrected chi connectivity index (χ3v) is 11.5. The molecule has 0 fully saturated rings. The third kappa shape index (κ3) is 9.40. The lowest BCUT2D eigenvalue weighted by atomic mass is 9.79. The van der Waals surface area contributed by atoms with Crippen molar-refractivity contribution in [3.8, 4) is 23.0 Å². The third-order valence-electron chi connectivity index (χ3n) is 11.5. The summed E-state index contributed by atoms with van der Waals surface area (Å²) in [6.45, 7) is 30.9. The highest BCUT2D eigenvalue weighted by atomic mass is 16.5. The van der Waals surface area contributed by atoms with Crippen LogP contribution < -0.4 is 20.1 Å². The van der Waals surface area contributed by atoms with Crippen LogP contribution in [-0.2, 0) is 47.3 Å².